The zero-order valence-electron chi connectivity index (χ0n) is 9.60. The molecular formula is C13H23N. The maximum absolute atomic E-state index is 5.21. The van der Waals surface area contributed by atoms with Gasteiger partial charge in [-0.25, -0.2) is 0 Å². The summed E-state index contributed by atoms with van der Waals surface area (Å²) in [5.74, 6) is 2.68. The van der Waals surface area contributed by atoms with E-state index in [1.807, 2.05) is 0 Å². The second-order valence-corrected chi connectivity index (χ2v) is 5.22. The molecule has 1 aliphatic carbocycles. The van der Waals surface area contributed by atoms with Crippen molar-refractivity contribution < 1.29 is 0 Å². The zero-order chi connectivity index (χ0) is 10.4. The van der Waals surface area contributed by atoms with Gasteiger partial charge in [-0.05, 0) is 37.6 Å². The molecule has 1 fully saturated rings. The molecule has 1 nitrogen and oxygen atoms in total. The van der Waals surface area contributed by atoms with Gasteiger partial charge in [0.2, 0.25) is 0 Å². The minimum atomic E-state index is 0.544. The third-order valence-corrected chi connectivity index (χ3v) is 3.14. The van der Waals surface area contributed by atoms with Crippen molar-refractivity contribution in [2.45, 2.75) is 58.4 Å². The first-order chi connectivity index (χ1) is 6.64. The quantitative estimate of drug-likeness (QED) is 0.534. The van der Waals surface area contributed by atoms with Gasteiger partial charge < -0.3 is 5.32 Å². The van der Waals surface area contributed by atoms with Crippen LogP contribution in [0.2, 0.25) is 0 Å². The highest BCUT2D eigenvalue weighted by molar-refractivity contribution is 4.85. The number of rotatable bonds is 4. The highest BCUT2D eigenvalue weighted by Gasteiger charge is 2.27. The number of terminal acetylenes is 1. The summed E-state index contributed by atoms with van der Waals surface area (Å²) in [7, 11) is 0. The van der Waals surface area contributed by atoms with Crippen LogP contribution in [0.4, 0.5) is 0 Å². The normalized spacial score (nSPS) is 25.6. The van der Waals surface area contributed by atoms with Crippen molar-refractivity contribution in [2.75, 3.05) is 6.54 Å². The third-order valence-electron chi connectivity index (χ3n) is 3.14. The second-order valence-electron chi connectivity index (χ2n) is 5.22. The molecule has 0 radical (unpaired) electrons. The van der Waals surface area contributed by atoms with E-state index in [0.29, 0.717) is 5.41 Å². The van der Waals surface area contributed by atoms with Crippen LogP contribution in [0.15, 0.2) is 0 Å². The van der Waals surface area contributed by atoms with Crippen LogP contribution in [0.5, 0.6) is 0 Å². The fourth-order valence-corrected chi connectivity index (χ4v) is 2.37. The Morgan fingerprint density at radius 2 is 2.29 bits per heavy atom. The second kappa shape index (κ2) is 5.41. The van der Waals surface area contributed by atoms with Crippen molar-refractivity contribution in [1.29, 1.82) is 0 Å². The van der Waals surface area contributed by atoms with Crippen molar-refractivity contribution in [3.05, 3.63) is 0 Å². The van der Waals surface area contributed by atoms with E-state index in [1.54, 1.807) is 0 Å². The Labute approximate surface area is 88.7 Å². The molecule has 1 aliphatic rings. The molecule has 1 saturated carbocycles. The van der Waals surface area contributed by atoms with Crippen LogP contribution >= 0.6 is 0 Å². The van der Waals surface area contributed by atoms with Gasteiger partial charge in [0.25, 0.3) is 0 Å². The fraction of sp³-hybridized carbons (Fsp3) is 0.846. The van der Waals surface area contributed by atoms with E-state index in [1.165, 1.54) is 25.7 Å². The summed E-state index contributed by atoms with van der Waals surface area (Å²) in [4.78, 5) is 0. The first kappa shape index (κ1) is 11.6. The van der Waals surface area contributed by atoms with Gasteiger partial charge in [0.05, 0.1) is 0 Å². The van der Waals surface area contributed by atoms with E-state index in [9.17, 15) is 0 Å². The van der Waals surface area contributed by atoms with Gasteiger partial charge in [-0.2, -0.15) is 0 Å². The molecule has 1 rings (SSSR count). The van der Waals surface area contributed by atoms with Crippen LogP contribution in [-0.4, -0.2) is 12.6 Å². The minimum absolute atomic E-state index is 0.544. The van der Waals surface area contributed by atoms with Crippen molar-refractivity contribution in [3.8, 4) is 12.3 Å². The summed E-state index contributed by atoms with van der Waals surface area (Å²) < 4.78 is 0. The molecule has 0 saturated heterocycles. The standard InChI is InChI=1S/C13H23N/c1-4-5-6-10-14-12-8-7-9-13(2,3)11-12/h1,12,14H,5-11H2,2-3H3. The number of nitrogens with one attached hydrogen (secondary N) is 1. The van der Waals surface area contributed by atoms with E-state index in [2.05, 4.69) is 25.1 Å². The Balaban J connectivity index is 2.15. The lowest BCUT2D eigenvalue weighted by atomic mass is 9.75. The van der Waals surface area contributed by atoms with Crippen LogP contribution in [0.1, 0.15) is 52.4 Å². The summed E-state index contributed by atoms with van der Waals surface area (Å²) in [6.07, 6.45) is 12.7. The molecule has 0 bridgehead atoms. The average Bonchev–Trinajstić information content (AvgIpc) is 2.11. The Bertz CT molecular complexity index is 200. The topological polar surface area (TPSA) is 12.0 Å². The smallest absolute Gasteiger partial charge is 0.00981 e. The molecule has 1 N–H and O–H groups in total. The Morgan fingerprint density at radius 1 is 1.50 bits per heavy atom. The number of hydrogen-bond donors (Lipinski definition) is 1. The molecule has 14 heavy (non-hydrogen) atoms. The minimum Gasteiger partial charge on any atom is -0.314 e. The van der Waals surface area contributed by atoms with Gasteiger partial charge in [-0.1, -0.05) is 20.3 Å². The Morgan fingerprint density at radius 3 is 2.93 bits per heavy atom. The SMILES string of the molecule is C#CCCCNC1CCCC(C)(C)C1. The molecular weight excluding hydrogens is 170 g/mol. The van der Waals surface area contributed by atoms with Crippen molar-refractivity contribution in [1.82, 2.24) is 5.32 Å². The summed E-state index contributed by atoms with van der Waals surface area (Å²) in [5.41, 5.74) is 0.544. The molecule has 0 aromatic carbocycles. The molecule has 80 valence electrons. The molecule has 1 heteroatoms. The molecule has 1 atom stereocenters. The summed E-state index contributed by atoms with van der Waals surface area (Å²) in [6.45, 7) is 5.84. The molecule has 0 heterocycles. The monoisotopic (exact) mass is 193 g/mol. The summed E-state index contributed by atoms with van der Waals surface area (Å²) in [6, 6.07) is 0.733. The molecule has 0 amide bonds. The summed E-state index contributed by atoms with van der Waals surface area (Å²) in [5, 5.41) is 3.62. The van der Waals surface area contributed by atoms with Crippen LogP contribution < -0.4 is 5.32 Å². The predicted molar refractivity (Wildman–Crippen MR) is 62.1 cm³/mol. The molecule has 0 aromatic heterocycles. The van der Waals surface area contributed by atoms with E-state index in [4.69, 9.17) is 6.42 Å². The van der Waals surface area contributed by atoms with Gasteiger partial charge in [0, 0.05) is 12.5 Å². The number of unbranched alkanes of at least 4 members (excludes halogenated alkanes) is 1. The van der Waals surface area contributed by atoms with E-state index in [0.717, 1.165) is 25.4 Å². The fourth-order valence-electron chi connectivity index (χ4n) is 2.37. The average molecular weight is 193 g/mol. The lowest BCUT2D eigenvalue weighted by molar-refractivity contribution is 0.198. The lowest BCUT2D eigenvalue weighted by Gasteiger charge is -2.35. The van der Waals surface area contributed by atoms with Crippen molar-refractivity contribution >= 4 is 0 Å². The summed E-state index contributed by atoms with van der Waals surface area (Å²) >= 11 is 0. The predicted octanol–water partition coefficient (Wildman–Crippen LogP) is 2.96. The van der Waals surface area contributed by atoms with Gasteiger partial charge in [0.1, 0.15) is 0 Å². The largest absolute Gasteiger partial charge is 0.314 e. The van der Waals surface area contributed by atoms with E-state index in [-0.39, 0.29) is 0 Å². The molecule has 0 aromatic rings. The van der Waals surface area contributed by atoms with Gasteiger partial charge in [0.15, 0.2) is 0 Å². The molecule has 0 aliphatic heterocycles. The Hall–Kier alpha value is -0.480. The van der Waals surface area contributed by atoms with Gasteiger partial charge in [-0.15, -0.1) is 12.3 Å². The van der Waals surface area contributed by atoms with Crippen LogP contribution in [0, 0.1) is 17.8 Å². The lowest BCUT2D eigenvalue weighted by Crippen LogP contribution is -2.37. The van der Waals surface area contributed by atoms with Gasteiger partial charge in [-0.3, -0.25) is 0 Å². The van der Waals surface area contributed by atoms with Crippen molar-refractivity contribution in [2.24, 2.45) is 5.41 Å². The van der Waals surface area contributed by atoms with Gasteiger partial charge >= 0.3 is 0 Å². The number of hydrogen-bond acceptors (Lipinski definition) is 1. The van der Waals surface area contributed by atoms with Crippen LogP contribution in [0.3, 0.4) is 0 Å². The van der Waals surface area contributed by atoms with E-state index >= 15 is 0 Å². The highest BCUT2D eigenvalue weighted by atomic mass is 14.9. The van der Waals surface area contributed by atoms with Crippen LogP contribution in [0.25, 0.3) is 0 Å². The molecule has 0 spiro atoms. The first-order valence-corrected chi connectivity index (χ1v) is 5.81. The highest BCUT2D eigenvalue weighted by Crippen LogP contribution is 2.34. The van der Waals surface area contributed by atoms with E-state index < -0.39 is 0 Å². The maximum atomic E-state index is 5.21. The zero-order valence-corrected chi connectivity index (χ0v) is 9.60. The first-order valence-electron chi connectivity index (χ1n) is 5.81. The maximum Gasteiger partial charge on any atom is 0.00981 e. The van der Waals surface area contributed by atoms with Crippen molar-refractivity contribution in [3.63, 3.8) is 0 Å². The third kappa shape index (κ3) is 4.15. The molecule has 1 unspecified atom stereocenters. The Kier molecular flexibility index (Phi) is 4.48. The van der Waals surface area contributed by atoms with Crippen LogP contribution in [-0.2, 0) is 0 Å².